The molecule has 3 rings (SSSR count). The molecule has 1 aliphatic carbocycles. The molecule has 20 heavy (non-hydrogen) atoms. The maximum atomic E-state index is 3.96. The summed E-state index contributed by atoms with van der Waals surface area (Å²) in [6.45, 7) is 8.26. The average Bonchev–Trinajstić information content (AvgIpc) is 3.13. The highest BCUT2D eigenvalue weighted by Crippen LogP contribution is 2.39. The number of nitrogens with zero attached hydrogens (tertiary/aromatic N) is 1. The van der Waals surface area contributed by atoms with Gasteiger partial charge in [-0.1, -0.05) is 26.7 Å². The Bertz CT molecular complexity index is 416. The molecule has 0 atom stereocenters. The van der Waals surface area contributed by atoms with Crippen molar-refractivity contribution < 1.29 is 0 Å². The van der Waals surface area contributed by atoms with E-state index in [0.29, 0.717) is 11.1 Å². The van der Waals surface area contributed by atoms with Crippen LogP contribution in [0.3, 0.4) is 0 Å². The molecular weight excluding hydrogens is 264 g/mol. The Morgan fingerprint density at radius 2 is 2.00 bits per heavy atom. The highest BCUT2D eigenvalue weighted by Gasteiger charge is 2.46. The predicted octanol–water partition coefficient (Wildman–Crippen LogP) is 4.02. The van der Waals surface area contributed by atoms with Crippen molar-refractivity contribution in [2.24, 2.45) is 0 Å². The SMILES string of the molecule is CCC1(CC)CNC2(CCCC2)CN1Cc1ccsc1. The number of hydrogen-bond donors (Lipinski definition) is 1. The second kappa shape index (κ2) is 5.78. The van der Waals surface area contributed by atoms with E-state index in [1.807, 2.05) is 11.3 Å². The van der Waals surface area contributed by atoms with Gasteiger partial charge < -0.3 is 5.32 Å². The van der Waals surface area contributed by atoms with Crippen LogP contribution >= 0.6 is 11.3 Å². The van der Waals surface area contributed by atoms with E-state index in [4.69, 9.17) is 0 Å². The van der Waals surface area contributed by atoms with Crippen molar-refractivity contribution in [1.29, 1.82) is 0 Å². The van der Waals surface area contributed by atoms with E-state index in [-0.39, 0.29) is 0 Å². The van der Waals surface area contributed by atoms with Gasteiger partial charge in [-0.2, -0.15) is 11.3 Å². The summed E-state index contributed by atoms with van der Waals surface area (Å²) in [5.74, 6) is 0. The molecule has 0 radical (unpaired) electrons. The van der Waals surface area contributed by atoms with Crippen LogP contribution < -0.4 is 5.32 Å². The standard InChI is InChI=1S/C17H28N2S/c1-3-17(4-2)13-18-16(8-5-6-9-16)14-19(17)11-15-7-10-20-12-15/h7,10,12,18H,3-6,8-9,11,13-14H2,1-2H3. The van der Waals surface area contributed by atoms with Gasteiger partial charge in [-0.3, -0.25) is 4.90 Å². The molecule has 0 aromatic carbocycles. The summed E-state index contributed by atoms with van der Waals surface area (Å²) in [7, 11) is 0. The third-order valence-electron chi connectivity index (χ3n) is 5.79. The Kier molecular flexibility index (Phi) is 4.21. The Morgan fingerprint density at radius 1 is 1.25 bits per heavy atom. The lowest BCUT2D eigenvalue weighted by Gasteiger charge is -2.53. The lowest BCUT2D eigenvalue weighted by molar-refractivity contribution is -0.00642. The van der Waals surface area contributed by atoms with E-state index in [1.165, 1.54) is 57.2 Å². The smallest absolute Gasteiger partial charge is 0.0333 e. The molecule has 1 spiro atoms. The largest absolute Gasteiger partial charge is 0.308 e. The maximum absolute atomic E-state index is 3.96. The third-order valence-corrected chi connectivity index (χ3v) is 6.52. The summed E-state index contributed by atoms with van der Waals surface area (Å²) >= 11 is 1.82. The van der Waals surface area contributed by atoms with E-state index < -0.39 is 0 Å². The predicted molar refractivity (Wildman–Crippen MR) is 87.2 cm³/mol. The van der Waals surface area contributed by atoms with Crippen molar-refractivity contribution in [1.82, 2.24) is 10.2 Å². The number of hydrogen-bond acceptors (Lipinski definition) is 3. The zero-order valence-corrected chi connectivity index (χ0v) is 13.8. The lowest BCUT2D eigenvalue weighted by atomic mass is 9.82. The van der Waals surface area contributed by atoms with Crippen LogP contribution in [0, 0.1) is 0 Å². The van der Waals surface area contributed by atoms with Crippen LogP contribution in [-0.2, 0) is 6.54 Å². The highest BCUT2D eigenvalue weighted by atomic mass is 32.1. The summed E-state index contributed by atoms with van der Waals surface area (Å²) in [4.78, 5) is 2.80. The Labute approximate surface area is 127 Å². The van der Waals surface area contributed by atoms with Crippen molar-refractivity contribution in [2.75, 3.05) is 13.1 Å². The number of thiophene rings is 1. The second-order valence-corrected chi connectivity index (χ2v) is 7.54. The van der Waals surface area contributed by atoms with Crippen LogP contribution in [0.5, 0.6) is 0 Å². The number of rotatable bonds is 4. The molecule has 1 saturated heterocycles. The molecule has 1 aromatic heterocycles. The van der Waals surface area contributed by atoms with Gasteiger partial charge in [-0.15, -0.1) is 0 Å². The molecule has 2 aliphatic rings. The zero-order valence-electron chi connectivity index (χ0n) is 13.0. The van der Waals surface area contributed by atoms with Crippen molar-refractivity contribution in [3.63, 3.8) is 0 Å². The van der Waals surface area contributed by atoms with Crippen molar-refractivity contribution in [3.8, 4) is 0 Å². The van der Waals surface area contributed by atoms with Crippen LogP contribution in [0.25, 0.3) is 0 Å². The zero-order chi connectivity index (χ0) is 14.1. The molecule has 0 bridgehead atoms. The molecule has 2 nitrogen and oxygen atoms in total. The molecule has 1 N–H and O–H groups in total. The highest BCUT2D eigenvalue weighted by molar-refractivity contribution is 7.07. The Morgan fingerprint density at radius 3 is 2.60 bits per heavy atom. The van der Waals surface area contributed by atoms with E-state index in [2.05, 4.69) is 40.9 Å². The molecule has 0 unspecified atom stereocenters. The second-order valence-electron chi connectivity index (χ2n) is 6.76. The monoisotopic (exact) mass is 292 g/mol. The first kappa shape index (κ1) is 14.6. The van der Waals surface area contributed by atoms with Gasteiger partial charge in [0.15, 0.2) is 0 Å². The summed E-state index contributed by atoms with van der Waals surface area (Å²) in [5.41, 5.74) is 2.27. The normalized spacial score (nSPS) is 25.3. The quantitative estimate of drug-likeness (QED) is 0.901. The lowest BCUT2D eigenvalue weighted by Crippen LogP contribution is -2.68. The van der Waals surface area contributed by atoms with E-state index in [9.17, 15) is 0 Å². The van der Waals surface area contributed by atoms with Crippen molar-refractivity contribution >= 4 is 11.3 Å². The molecule has 2 fully saturated rings. The Hall–Kier alpha value is -0.380. The minimum Gasteiger partial charge on any atom is -0.308 e. The first-order valence-electron chi connectivity index (χ1n) is 8.23. The molecule has 2 heterocycles. The van der Waals surface area contributed by atoms with Crippen LogP contribution in [0.2, 0.25) is 0 Å². The summed E-state index contributed by atoms with van der Waals surface area (Å²) in [5, 5.41) is 8.49. The summed E-state index contributed by atoms with van der Waals surface area (Å²) in [6.07, 6.45) is 8.05. The fourth-order valence-electron chi connectivity index (χ4n) is 4.21. The van der Waals surface area contributed by atoms with Gasteiger partial charge in [0.05, 0.1) is 0 Å². The van der Waals surface area contributed by atoms with Crippen molar-refractivity contribution in [3.05, 3.63) is 22.4 Å². The minimum absolute atomic E-state index is 0.357. The van der Waals surface area contributed by atoms with Gasteiger partial charge >= 0.3 is 0 Å². The van der Waals surface area contributed by atoms with E-state index in [0.717, 1.165) is 6.54 Å². The van der Waals surface area contributed by atoms with Crippen LogP contribution in [0.4, 0.5) is 0 Å². The molecule has 1 saturated carbocycles. The van der Waals surface area contributed by atoms with Gasteiger partial charge in [-0.25, -0.2) is 0 Å². The first-order valence-corrected chi connectivity index (χ1v) is 9.17. The Balaban J connectivity index is 1.81. The van der Waals surface area contributed by atoms with Gasteiger partial charge in [0.2, 0.25) is 0 Å². The molecule has 3 heteroatoms. The number of nitrogens with one attached hydrogen (secondary N) is 1. The summed E-state index contributed by atoms with van der Waals surface area (Å²) < 4.78 is 0. The average molecular weight is 292 g/mol. The fraction of sp³-hybridized carbons (Fsp3) is 0.765. The van der Waals surface area contributed by atoms with Crippen LogP contribution in [-0.4, -0.2) is 29.1 Å². The topological polar surface area (TPSA) is 15.3 Å². The molecular formula is C17H28N2S. The van der Waals surface area contributed by atoms with Gasteiger partial charge in [0, 0.05) is 30.7 Å². The fourth-order valence-corrected chi connectivity index (χ4v) is 4.87. The maximum Gasteiger partial charge on any atom is 0.0333 e. The van der Waals surface area contributed by atoms with E-state index >= 15 is 0 Å². The van der Waals surface area contributed by atoms with Crippen molar-refractivity contribution in [2.45, 2.75) is 70.0 Å². The summed E-state index contributed by atoms with van der Waals surface area (Å²) in [6, 6.07) is 2.30. The van der Waals surface area contributed by atoms with Crippen LogP contribution in [0.15, 0.2) is 16.8 Å². The number of piperazine rings is 1. The third kappa shape index (κ3) is 2.56. The van der Waals surface area contributed by atoms with E-state index in [1.54, 1.807) is 0 Å². The van der Waals surface area contributed by atoms with Gasteiger partial charge in [-0.05, 0) is 48.1 Å². The minimum atomic E-state index is 0.357. The van der Waals surface area contributed by atoms with Gasteiger partial charge in [0.25, 0.3) is 0 Å². The van der Waals surface area contributed by atoms with Crippen LogP contribution in [0.1, 0.15) is 57.9 Å². The first-order chi connectivity index (χ1) is 9.72. The molecule has 1 aliphatic heterocycles. The van der Waals surface area contributed by atoms with Gasteiger partial charge in [0.1, 0.15) is 0 Å². The molecule has 112 valence electrons. The molecule has 1 aromatic rings. The molecule has 0 amide bonds.